The highest BCUT2D eigenvalue weighted by atomic mass is 16.8. The third-order valence-corrected chi connectivity index (χ3v) is 10.1. The number of hydrogen-bond acceptors (Lipinski definition) is 8. The number of rotatable bonds is 23. The standard InChI is InChI=1S/C46H72N6O8/c1-9-11-13-19-33-49-38-26-16-15-25-37(38)41(53)50(42(49)54)34-23-31-47(43(55)57-45(3,4)5)29-21-22-30-48(44(56)58-46(6,7)8)32-24-36-52-59-40-28-18-17-27-39(40)51(60-52)35-20-14-12-10-2/h15-18,25-28H,9-14,19-24,29-36H2,1-8H3. The number of nitrogens with zero attached hydrogens (tertiary/aromatic N) is 6. The summed E-state index contributed by atoms with van der Waals surface area (Å²) in [7, 11) is 0. The van der Waals surface area contributed by atoms with Crippen molar-refractivity contribution in [2.24, 2.45) is 0 Å². The normalized spacial score (nSPS) is 11.9. The molecule has 60 heavy (non-hydrogen) atoms. The zero-order valence-electron chi connectivity index (χ0n) is 37.7. The summed E-state index contributed by atoms with van der Waals surface area (Å²) in [4.78, 5) is 59.0. The molecule has 0 aliphatic heterocycles. The molecule has 4 aromatic rings. The SMILES string of the molecule is CCCCCCn1on(CCCN(CCCCN(CCCn2c(=O)c3ccccc3n(CCCCCC)c2=O)C(=O)OC(C)(C)C)C(=O)OC(C)(C)C)oc2ccccc21. The minimum Gasteiger partial charge on any atom is -0.444 e. The van der Waals surface area contributed by atoms with Crippen molar-refractivity contribution in [3.05, 3.63) is 69.4 Å². The second-order valence-corrected chi connectivity index (χ2v) is 17.7. The molecule has 0 radical (unpaired) electrons. The lowest BCUT2D eigenvalue weighted by Crippen LogP contribution is -2.42. The van der Waals surface area contributed by atoms with Crippen LogP contribution in [0.5, 0.6) is 0 Å². The van der Waals surface area contributed by atoms with E-state index in [4.69, 9.17) is 18.6 Å². The molecule has 0 unspecified atom stereocenters. The van der Waals surface area contributed by atoms with Crippen LogP contribution in [0.2, 0.25) is 0 Å². The van der Waals surface area contributed by atoms with Crippen LogP contribution in [0.1, 0.15) is 132 Å². The number of aryl methyl sites for hydroxylation is 3. The summed E-state index contributed by atoms with van der Waals surface area (Å²) in [5.74, 6) is 0. The first-order chi connectivity index (χ1) is 28.6. The predicted octanol–water partition coefficient (Wildman–Crippen LogP) is 10.1. The Labute approximate surface area is 355 Å². The minimum absolute atomic E-state index is 0.163. The largest absolute Gasteiger partial charge is 0.444 e. The van der Waals surface area contributed by atoms with Gasteiger partial charge in [-0.3, -0.25) is 18.6 Å². The third-order valence-electron chi connectivity index (χ3n) is 10.1. The molecule has 0 fully saturated rings. The average molecular weight is 837 g/mol. The molecule has 0 bridgehead atoms. The fourth-order valence-corrected chi connectivity index (χ4v) is 7.09. The molecule has 14 nitrogen and oxygen atoms in total. The fourth-order valence-electron chi connectivity index (χ4n) is 7.09. The number of hydrogen-bond donors (Lipinski definition) is 0. The second kappa shape index (κ2) is 23.2. The van der Waals surface area contributed by atoms with Gasteiger partial charge in [-0.25, -0.2) is 14.4 Å². The Morgan fingerprint density at radius 2 is 1.08 bits per heavy atom. The first kappa shape index (κ1) is 47.8. The minimum atomic E-state index is -0.709. The Morgan fingerprint density at radius 1 is 0.583 bits per heavy atom. The van der Waals surface area contributed by atoms with Crippen LogP contribution in [-0.4, -0.2) is 78.2 Å². The van der Waals surface area contributed by atoms with Crippen molar-refractivity contribution in [1.82, 2.24) is 28.6 Å². The number of carbonyl (C=O) groups is 2. The zero-order chi connectivity index (χ0) is 43.7. The first-order valence-electron chi connectivity index (χ1n) is 22.3. The summed E-state index contributed by atoms with van der Waals surface area (Å²) in [5, 5.41) is 0.507. The Hall–Kier alpha value is -4.88. The van der Waals surface area contributed by atoms with Gasteiger partial charge in [-0.15, -0.1) is 0 Å². The van der Waals surface area contributed by atoms with Crippen molar-refractivity contribution in [3.8, 4) is 0 Å². The summed E-state index contributed by atoms with van der Waals surface area (Å²) < 4.78 is 28.7. The molecular weight excluding hydrogens is 765 g/mol. The highest BCUT2D eigenvalue weighted by Gasteiger charge is 2.24. The Balaban J connectivity index is 1.42. The number of amides is 2. The number of fused-ring (bicyclic) bond motifs is 2. The van der Waals surface area contributed by atoms with Crippen LogP contribution < -0.4 is 11.2 Å². The van der Waals surface area contributed by atoms with E-state index in [1.165, 1.54) is 15.9 Å². The van der Waals surface area contributed by atoms with Gasteiger partial charge in [-0.1, -0.05) is 76.6 Å². The van der Waals surface area contributed by atoms with E-state index in [9.17, 15) is 19.2 Å². The van der Waals surface area contributed by atoms with Gasteiger partial charge in [0.1, 0.15) is 16.7 Å². The van der Waals surface area contributed by atoms with E-state index in [-0.39, 0.29) is 24.3 Å². The predicted molar refractivity (Wildman–Crippen MR) is 237 cm³/mol. The molecule has 0 atom stereocenters. The lowest BCUT2D eigenvalue weighted by molar-refractivity contribution is -0.0252. The Bertz CT molecular complexity index is 2100. The Kier molecular flexibility index (Phi) is 18.5. The van der Waals surface area contributed by atoms with Crippen LogP contribution in [0, 0.1) is 0 Å². The maximum Gasteiger partial charge on any atom is 0.410 e. The quantitative estimate of drug-likeness (QED) is 0.0673. The summed E-state index contributed by atoms with van der Waals surface area (Å²) in [6.45, 7) is 18.7. The maximum atomic E-state index is 13.7. The first-order valence-corrected chi connectivity index (χ1v) is 22.3. The van der Waals surface area contributed by atoms with E-state index in [0.29, 0.717) is 69.3 Å². The van der Waals surface area contributed by atoms with Crippen LogP contribution in [-0.2, 0) is 35.7 Å². The molecule has 0 spiro atoms. The lowest BCUT2D eigenvalue weighted by Gasteiger charge is -2.29. The molecule has 2 aromatic carbocycles. The van der Waals surface area contributed by atoms with Gasteiger partial charge in [0, 0.05) is 39.3 Å². The van der Waals surface area contributed by atoms with E-state index in [2.05, 4.69) is 13.8 Å². The van der Waals surface area contributed by atoms with Crippen LogP contribution in [0.3, 0.4) is 0 Å². The maximum absolute atomic E-state index is 13.7. The molecule has 4 rings (SSSR count). The van der Waals surface area contributed by atoms with Gasteiger partial charge in [0.25, 0.3) is 5.56 Å². The van der Waals surface area contributed by atoms with Crippen LogP contribution >= 0.6 is 0 Å². The third kappa shape index (κ3) is 15.0. The smallest absolute Gasteiger partial charge is 0.410 e. The molecule has 0 saturated carbocycles. The number of para-hydroxylation sites is 3. The highest BCUT2D eigenvalue weighted by molar-refractivity contribution is 5.77. The molecule has 0 aliphatic rings. The van der Waals surface area contributed by atoms with Gasteiger partial charge >= 0.3 is 17.9 Å². The molecule has 0 saturated heterocycles. The van der Waals surface area contributed by atoms with E-state index in [1.807, 2.05) is 88.7 Å². The van der Waals surface area contributed by atoms with Gasteiger partial charge < -0.3 is 23.8 Å². The van der Waals surface area contributed by atoms with Crippen LogP contribution in [0.4, 0.5) is 9.59 Å². The zero-order valence-corrected chi connectivity index (χ0v) is 37.7. The van der Waals surface area contributed by atoms with E-state index < -0.39 is 23.4 Å². The molecular formula is C46H72N6O8. The molecule has 0 N–H and O–H groups in total. The summed E-state index contributed by atoms with van der Waals surface area (Å²) >= 11 is 0. The van der Waals surface area contributed by atoms with Gasteiger partial charge in [-0.05, 0) is 109 Å². The molecule has 2 aromatic heterocycles. The van der Waals surface area contributed by atoms with Gasteiger partial charge in [-0.2, -0.15) is 4.74 Å². The van der Waals surface area contributed by atoms with Gasteiger partial charge in [0.2, 0.25) is 0 Å². The van der Waals surface area contributed by atoms with Crippen LogP contribution in [0.25, 0.3) is 22.0 Å². The lowest BCUT2D eigenvalue weighted by atomic mass is 10.2. The van der Waals surface area contributed by atoms with Crippen molar-refractivity contribution in [2.75, 3.05) is 26.2 Å². The topological polar surface area (TPSA) is 139 Å². The highest BCUT2D eigenvalue weighted by Crippen LogP contribution is 2.18. The molecule has 0 aliphatic carbocycles. The second-order valence-electron chi connectivity index (χ2n) is 17.7. The van der Waals surface area contributed by atoms with Gasteiger partial charge in [0.15, 0.2) is 5.58 Å². The van der Waals surface area contributed by atoms with Crippen molar-refractivity contribution >= 4 is 34.2 Å². The van der Waals surface area contributed by atoms with Crippen molar-refractivity contribution < 1.29 is 28.2 Å². The summed E-state index contributed by atoms with van der Waals surface area (Å²) in [6, 6.07) is 15.1. The van der Waals surface area contributed by atoms with Crippen molar-refractivity contribution in [2.45, 2.75) is 170 Å². The molecule has 2 amide bonds. The molecule has 2 heterocycles. The molecule has 334 valence electrons. The fraction of sp³-hybridized carbons (Fsp3) is 0.652. The Morgan fingerprint density at radius 3 is 1.67 bits per heavy atom. The number of unbranched alkanes of at least 4 members (excludes halogenated alkanes) is 7. The van der Waals surface area contributed by atoms with Crippen LogP contribution in [0.15, 0.2) is 67.3 Å². The number of carbonyl (C=O) groups excluding carboxylic acids is 2. The van der Waals surface area contributed by atoms with E-state index >= 15 is 0 Å². The number of ether oxygens (including phenoxy) is 2. The van der Waals surface area contributed by atoms with Crippen molar-refractivity contribution in [3.63, 3.8) is 0 Å². The van der Waals surface area contributed by atoms with Gasteiger partial charge in [0.05, 0.1) is 24.0 Å². The van der Waals surface area contributed by atoms with E-state index in [1.54, 1.807) is 20.4 Å². The molecule has 14 heteroatoms. The summed E-state index contributed by atoms with van der Waals surface area (Å²) in [6.07, 6.45) is 9.73. The summed E-state index contributed by atoms with van der Waals surface area (Å²) in [5.41, 5.74) is 0.222. The average Bonchev–Trinajstić information content (AvgIpc) is 3.19. The number of benzene rings is 2. The number of aromatic nitrogens is 4. The van der Waals surface area contributed by atoms with Crippen molar-refractivity contribution in [1.29, 1.82) is 0 Å². The van der Waals surface area contributed by atoms with E-state index in [0.717, 1.165) is 62.6 Å². The monoisotopic (exact) mass is 837 g/mol.